The molecule has 100 valence electrons. The molecule has 0 saturated heterocycles. The van der Waals surface area contributed by atoms with Crippen molar-refractivity contribution in [1.82, 2.24) is 9.97 Å². The zero-order valence-electron chi connectivity index (χ0n) is 11.4. The van der Waals surface area contributed by atoms with Crippen LogP contribution in [0.25, 0.3) is 0 Å². The monoisotopic (exact) mass is 265 g/mol. The van der Waals surface area contributed by atoms with Crippen molar-refractivity contribution >= 4 is 17.6 Å². The zero-order valence-corrected chi connectivity index (χ0v) is 12.2. The molecule has 1 aromatic heterocycles. The average Bonchev–Trinajstić information content (AvgIpc) is 2.89. The van der Waals surface area contributed by atoms with E-state index in [1.54, 1.807) is 0 Å². The molecule has 0 aliphatic heterocycles. The Bertz CT molecular complexity index is 375. The lowest BCUT2D eigenvalue weighted by Gasteiger charge is -2.11. The van der Waals surface area contributed by atoms with Crippen molar-refractivity contribution in [1.29, 1.82) is 0 Å². The number of aromatic nitrogens is 2. The predicted octanol–water partition coefficient (Wildman–Crippen LogP) is 3.90. The largest absolute Gasteiger partial charge is 0.370 e. The first-order chi connectivity index (χ1) is 8.81. The molecule has 0 radical (unpaired) electrons. The van der Waals surface area contributed by atoms with Crippen LogP contribution in [0.3, 0.4) is 0 Å². The summed E-state index contributed by atoms with van der Waals surface area (Å²) in [6, 6.07) is 2.11. The maximum Gasteiger partial charge on any atom is 0.131 e. The average molecular weight is 265 g/mol. The molecule has 4 heteroatoms. The third kappa shape index (κ3) is 3.87. The van der Waals surface area contributed by atoms with Crippen LogP contribution in [0.1, 0.15) is 51.8 Å². The van der Waals surface area contributed by atoms with Gasteiger partial charge in [-0.15, -0.1) is 11.8 Å². The lowest BCUT2D eigenvalue weighted by molar-refractivity contribution is 0.863. The fourth-order valence-corrected chi connectivity index (χ4v) is 3.46. The number of nitrogens with zero attached hydrogens (tertiary/aromatic N) is 2. The normalized spacial score (nSPS) is 16.1. The first kappa shape index (κ1) is 13.7. The smallest absolute Gasteiger partial charge is 0.131 e. The molecule has 2 rings (SSSR count). The van der Waals surface area contributed by atoms with Crippen LogP contribution in [0.2, 0.25) is 0 Å². The van der Waals surface area contributed by atoms with E-state index < -0.39 is 0 Å². The molecular weight excluding hydrogens is 242 g/mol. The highest BCUT2D eigenvalue weighted by atomic mass is 32.2. The van der Waals surface area contributed by atoms with Crippen molar-refractivity contribution < 1.29 is 0 Å². The van der Waals surface area contributed by atoms with Crippen LogP contribution in [-0.4, -0.2) is 21.8 Å². The van der Waals surface area contributed by atoms with Crippen LogP contribution >= 0.6 is 11.8 Å². The molecule has 0 unspecified atom stereocenters. The van der Waals surface area contributed by atoms with Crippen LogP contribution in [-0.2, 0) is 6.42 Å². The fourth-order valence-electron chi connectivity index (χ4n) is 2.21. The Kier molecular flexibility index (Phi) is 5.29. The molecule has 3 nitrogen and oxygen atoms in total. The Balaban J connectivity index is 2.06. The molecule has 0 amide bonds. The second-order valence-corrected chi connectivity index (χ2v) is 6.13. The quantitative estimate of drug-likeness (QED) is 0.792. The van der Waals surface area contributed by atoms with Crippen LogP contribution in [0, 0.1) is 0 Å². The minimum atomic E-state index is 0.767. The van der Waals surface area contributed by atoms with Gasteiger partial charge >= 0.3 is 0 Å². The number of rotatable bonds is 6. The van der Waals surface area contributed by atoms with Crippen molar-refractivity contribution in [3.8, 4) is 0 Å². The van der Waals surface area contributed by atoms with E-state index in [0.717, 1.165) is 41.3 Å². The SMILES string of the molecule is CCCNc1cc(SC2CCCC2)nc(CC)n1. The second kappa shape index (κ2) is 6.98. The van der Waals surface area contributed by atoms with Crippen molar-refractivity contribution in [2.24, 2.45) is 0 Å². The first-order valence-electron chi connectivity index (χ1n) is 7.10. The number of hydrogen-bond acceptors (Lipinski definition) is 4. The lowest BCUT2D eigenvalue weighted by atomic mass is 10.4. The molecule has 1 aliphatic rings. The Hall–Kier alpha value is -0.770. The molecule has 0 spiro atoms. The number of thioether (sulfide) groups is 1. The van der Waals surface area contributed by atoms with Gasteiger partial charge < -0.3 is 5.32 Å². The van der Waals surface area contributed by atoms with Crippen LogP contribution in [0.5, 0.6) is 0 Å². The van der Waals surface area contributed by atoms with E-state index >= 15 is 0 Å². The first-order valence-corrected chi connectivity index (χ1v) is 7.98. The summed E-state index contributed by atoms with van der Waals surface area (Å²) in [5.74, 6) is 1.95. The van der Waals surface area contributed by atoms with Gasteiger partial charge in [-0.1, -0.05) is 26.7 Å². The van der Waals surface area contributed by atoms with E-state index in [9.17, 15) is 0 Å². The van der Waals surface area contributed by atoms with Gasteiger partial charge in [-0.3, -0.25) is 0 Å². The van der Waals surface area contributed by atoms with Gasteiger partial charge in [0.1, 0.15) is 16.7 Å². The highest BCUT2D eigenvalue weighted by molar-refractivity contribution is 7.99. The minimum absolute atomic E-state index is 0.767. The standard InChI is InChI=1S/C14H23N3S/c1-3-9-15-13-10-14(17-12(4-2)16-13)18-11-7-5-6-8-11/h10-11H,3-9H2,1-2H3,(H,15,16,17). The highest BCUT2D eigenvalue weighted by Crippen LogP contribution is 2.34. The summed E-state index contributed by atoms with van der Waals surface area (Å²) in [7, 11) is 0. The molecule has 1 fully saturated rings. The van der Waals surface area contributed by atoms with E-state index in [1.807, 2.05) is 11.8 Å². The number of nitrogens with one attached hydrogen (secondary N) is 1. The molecule has 1 saturated carbocycles. The summed E-state index contributed by atoms with van der Waals surface area (Å²) in [6.45, 7) is 5.26. The Morgan fingerprint density at radius 1 is 1.28 bits per heavy atom. The molecular formula is C14H23N3S. The molecule has 0 atom stereocenters. The second-order valence-electron chi connectivity index (χ2n) is 4.81. The number of aryl methyl sites for hydroxylation is 1. The van der Waals surface area contributed by atoms with E-state index in [0.29, 0.717) is 0 Å². The summed E-state index contributed by atoms with van der Waals surface area (Å²) in [4.78, 5) is 9.16. The third-order valence-electron chi connectivity index (χ3n) is 3.21. The van der Waals surface area contributed by atoms with Crippen LogP contribution in [0.15, 0.2) is 11.1 Å². The highest BCUT2D eigenvalue weighted by Gasteiger charge is 2.17. The third-order valence-corrected chi connectivity index (χ3v) is 4.47. The van der Waals surface area contributed by atoms with Gasteiger partial charge in [0.25, 0.3) is 0 Å². The Labute approximate surface area is 114 Å². The van der Waals surface area contributed by atoms with Crippen molar-refractivity contribution in [2.45, 2.75) is 62.6 Å². The van der Waals surface area contributed by atoms with E-state index in [4.69, 9.17) is 0 Å². The molecule has 1 aromatic rings. The predicted molar refractivity (Wildman–Crippen MR) is 78.3 cm³/mol. The van der Waals surface area contributed by atoms with Crippen molar-refractivity contribution in [3.63, 3.8) is 0 Å². The summed E-state index contributed by atoms with van der Waals surface area (Å²) in [5.41, 5.74) is 0. The van der Waals surface area contributed by atoms with Gasteiger partial charge in [0.05, 0.1) is 0 Å². The molecule has 18 heavy (non-hydrogen) atoms. The van der Waals surface area contributed by atoms with Gasteiger partial charge in [0, 0.05) is 24.3 Å². The van der Waals surface area contributed by atoms with E-state index in [1.165, 1.54) is 25.7 Å². The lowest BCUT2D eigenvalue weighted by Crippen LogP contribution is -2.06. The molecule has 1 N–H and O–H groups in total. The zero-order chi connectivity index (χ0) is 12.8. The number of anilines is 1. The maximum atomic E-state index is 4.64. The van der Waals surface area contributed by atoms with E-state index in [-0.39, 0.29) is 0 Å². The van der Waals surface area contributed by atoms with Gasteiger partial charge in [-0.05, 0) is 19.3 Å². The maximum absolute atomic E-state index is 4.64. The van der Waals surface area contributed by atoms with Crippen LogP contribution < -0.4 is 5.32 Å². The molecule has 1 heterocycles. The van der Waals surface area contributed by atoms with Crippen molar-refractivity contribution in [2.75, 3.05) is 11.9 Å². The Morgan fingerprint density at radius 3 is 2.72 bits per heavy atom. The van der Waals surface area contributed by atoms with Gasteiger partial charge in [0.2, 0.25) is 0 Å². The van der Waals surface area contributed by atoms with Crippen molar-refractivity contribution in [3.05, 3.63) is 11.9 Å². The summed E-state index contributed by atoms with van der Waals surface area (Å²) in [6.07, 6.45) is 7.47. The topological polar surface area (TPSA) is 37.8 Å². The van der Waals surface area contributed by atoms with Gasteiger partial charge in [-0.25, -0.2) is 9.97 Å². The molecule has 1 aliphatic carbocycles. The van der Waals surface area contributed by atoms with E-state index in [2.05, 4.69) is 35.2 Å². The fraction of sp³-hybridized carbons (Fsp3) is 0.714. The van der Waals surface area contributed by atoms with Gasteiger partial charge in [-0.2, -0.15) is 0 Å². The van der Waals surface area contributed by atoms with Crippen LogP contribution in [0.4, 0.5) is 5.82 Å². The summed E-state index contributed by atoms with van der Waals surface area (Å²) >= 11 is 1.94. The Morgan fingerprint density at radius 2 is 2.06 bits per heavy atom. The minimum Gasteiger partial charge on any atom is -0.370 e. The summed E-state index contributed by atoms with van der Waals surface area (Å²) < 4.78 is 0. The molecule has 0 aromatic carbocycles. The number of hydrogen-bond donors (Lipinski definition) is 1. The summed E-state index contributed by atoms with van der Waals surface area (Å²) in [5, 5.41) is 5.28. The molecule has 0 bridgehead atoms. The van der Waals surface area contributed by atoms with Gasteiger partial charge in [0.15, 0.2) is 0 Å².